The molecule has 1 aromatic carbocycles. The molecule has 122 valence electrons. The SMILES string of the molecule is CC1CCN(C(=O)NCC(C)(C)c2cccc(F)c2)CC1O. The van der Waals surface area contributed by atoms with Gasteiger partial charge in [-0.05, 0) is 30.0 Å². The fraction of sp³-hybridized carbons (Fsp3) is 0.588. The molecule has 2 rings (SSSR count). The molecule has 1 aromatic rings. The van der Waals surface area contributed by atoms with Crippen molar-refractivity contribution < 1.29 is 14.3 Å². The number of nitrogens with zero attached hydrogens (tertiary/aromatic N) is 1. The fourth-order valence-corrected chi connectivity index (χ4v) is 2.65. The molecule has 0 spiro atoms. The number of urea groups is 1. The van der Waals surface area contributed by atoms with Crippen LogP contribution in [0.15, 0.2) is 24.3 Å². The first-order chi connectivity index (χ1) is 10.3. The summed E-state index contributed by atoms with van der Waals surface area (Å²) >= 11 is 0. The summed E-state index contributed by atoms with van der Waals surface area (Å²) in [6, 6.07) is 6.28. The summed E-state index contributed by atoms with van der Waals surface area (Å²) in [5, 5.41) is 12.8. The van der Waals surface area contributed by atoms with Crippen LogP contribution in [0.1, 0.15) is 32.8 Å². The lowest BCUT2D eigenvalue weighted by Gasteiger charge is -2.35. The molecule has 1 fully saturated rings. The van der Waals surface area contributed by atoms with Gasteiger partial charge in [-0.1, -0.05) is 32.9 Å². The summed E-state index contributed by atoms with van der Waals surface area (Å²) in [6.07, 6.45) is 0.345. The van der Waals surface area contributed by atoms with Crippen molar-refractivity contribution in [1.82, 2.24) is 10.2 Å². The number of β-amino-alcohol motifs (C(OH)–C–C–N with tert-alkyl or cyclic N) is 1. The maximum Gasteiger partial charge on any atom is 0.317 e. The van der Waals surface area contributed by atoms with E-state index >= 15 is 0 Å². The van der Waals surface area contributed by atoms with E-state index < -0.39 is 6.10 Å². The van der Waals surface area contributed by atoms with E-state index in [1.165, 1.54) is 12.1 Å². The predicted octanol–water partition coefficient (Wildman–Crippen LogP) is 2.52. The molecule has 1 aliphatic heterocycles. The quantitative estimate of drug-likeness (QED) is 0.901. The zero-order valence-electron chi connectivity index (χ0n) is 13.5. The van der Waals surface area contributed by atoms with Crippen LogP contribution in [0, 0.1) is 11.7 Å². The number of likely N-dealkylation sites (tertiary alicyclic amines) is 1. The highest BCUT2D eigenvalue weighted by Gasteiger charge is 2.28. The first kappa shape index (κ1) is 16.7. The van der Waals surface area contributed by atoms with Gasteiger partial charge in [0.25, 0.3) is 0 Å². The maximum absolute atomic E-state index is 13.3. The normalized spacial score (nSPS) is 22.5. The van der Waals surface area contributed by atoms with Crippen LogP contribution in [-0.4, -0.2) is 41.8 Å². The van der Waals surface area contributed by atoms with Gasteiger partial charge in [0.15, 0.2) is 0 Å². The van der Waals surface area contributed by atoms with Crippen molar-refractivity contribution in [2.24, 2.45) is 5.92 Å². The number of carbonyl (C=O) groups excluding carboxylic acids is 1. The van der Waals surface area contributed by atoms with Crippen LogP contribution in [0.2, 0.25) is 0 Å². The topological polar surface area (TPSA) is 52.6 Å². The number of halogens is 1. The van der Waals surface area contributed by atoms with Crippen LogP contribution in [0.3, 0.4) is 0 Å². The molecule has 0 aliphatic carbocycles. The Kier molecular flexibility index (Phi) is 5.06. The minimum absolute atomic E-state index is 0.171. The first-order valence-corrected chi connectivity index (χ1v) is 7.76. The number of aliphatic hydroxyl groups is 1. The zero-order valence-corrected chi connectivity index (χ0v) is 13.5. The molecule has 22 heavy (non-hydrogen) atoms. The second-order valence-electron chi connectivity index (χ2n) is 6.83. The molecular formula is C17H25FN2O2. The Hall–Kier alpha value is -1.62. The lowest BCUT2D eigenvalue weighted by atomic mass is 9.84. The molecule has 0 radical (unpaired) electrons. The van der Waals surface area contributed by atoms with Crippen molar-refractivity contribution in [3.05, 3.63) is 35.6 Å². The van der Waals surface area contributed by atoms with Gasteiger partial charge >= 0.3 is 6.03 Å². The van der Waals surface area contributed by atoms with Gasteiger partial charge in [-0.2, -0.15) is 0 Å². The third-order valence-corrected chi connectivity index (χ3v) is 4.49. The third kappa shape index (κ3) is 3.97. The van der Waals surface area contributed by atoms with E-state index in [-0.39, 0.29) is 23.2 Å². The van der Waals surface area contributed by atoms with Gasteiger partial charge in [0.05, 0.1) is 6.10 Å². The molecule has 2 atom stereocenters. The summed E-state index contributed by atoms with van der Waals surface area (Å²) < 4.78 is 13.3. The highest BCUT2D eigenvalue weighted by atomic mass is 19.1. The van der Waals surface area contributed by atoms with Crippen LogP contribution in [0.4, 0.5) is 9.18 Å². The number of rotatable bonds is 3. The summed E-state index contributed by atoms with van der Waals surface area (Å²) in [4.78, 5) is 13.9. The summed E-state index contributed by atoms with van der Waals surface area (Å²) in [5.74, 6) is -0.0437. The van der Waals surface area contributed by atoms with E-state index in [0.29, 0.717) is 19.6 Å². The van der Waals surface area contributed by atoms with E-state index in [4.69, 9.17) is 0 Å². The number of aliphatic hydroxyl groups excluding tert-OH is 1. The molecule has 0 saturated carbocycles. The summed E-state index contributed by atoms with van der Waals surface area (Å²) in [7, 11) is 0. The molecule has 5 heteroatoms. The average molecular weight is 308 g/mol. The van der Waals surface area contributed by atoms with Crippen molar-refractivity contribution >= 4 is 6.03 Å². The molecule has 2 amide bonds. The van der Waals surface area contributed by atoms with E-state index in [2.05, 4.69) is 5.32 Å². The van der Waals surface area contributed by atoms with Crippen molar-refractivity contribution in [1.29, 1.82) is 0 Å². The van der Waals surface area contributed by atoms with Crippen LogP contribution in [0.5, 0.6) is 0 Å². The summed E-state index contributed by atoms with van der Waals surface area (Å²) in [5.41, 5.74) is 0.486. The molecule has 2 unspecified atom stereocenters. The lowest BCUT2D eigenvalue weighted by molar-refractivity contribution is 0.0434. The minimum atomic E-state index is -0.462. The number of nitrogens with one attached hydrogen (secondary N) is 1. The van der Waals surface area contributed by atoms with Gasteiger partial charge in [0, 0.05) is 25.0 Å². The van der Waals surface area contributed by atoms with Gasteiger partial charge in [0.2, 0.25) is 0 Å². The van der Waals surface area contributed by atoms with E-state index in [1.807, 2.05) is 26.8 Å². The molecule has 1 heterocycles. The number of benzene rings is 1. The molecular weight excluding hydrogens is 283 g/mol. The Bertz CT molecular complexity index is 533. The Labute approximate surface area is 131 Å². The number of amides is 2. The van der Waals surface area contributed by atoms with Gasteiger partial charge in [-0.15, -0.1) is 0 Å². The van der Waals surface area contributed by atoms with Crippen LogP contribution < -0.4 is 5.32 Å². The number of carbonyl (C=O) groups is 1. The number of hydrogen-bond acceptors (Lipinski definition) is 2. The average Bonchev–Trinajstić information content (AvgIpc) is 2.48. The van der Waals surface area contributed by atoms with Gasteiger partial charge in [0.1, 0.15) is 5.82 Å². The Morgan fingerprint density at radius 2 is 2.23 bits per heavy atom. The third-order valence-electron chi connectivity index (χ3n) is 4.49. The first-order valence-electron chi connectivity index (χ1n) is 7.76. The minimum Gasteiger partial charge on any atom is -0.391 e. The standard InChI is InChI=1S/C17H25FN2O2/c1-12-7-8-20(10-15(12)21)16(22)19-11-17(2,3)13-5-4-6-14(18)9-13/h4-6,9,12,15,21H,7-8,10-11H2,1-3H3,(H,19,22). The van der Waals surface area contributed by atoms with Gasteiger partial charge in [-0.3, -0.25) is 0 Å². The highest BCUT2D eigenvalue weighted by Crippen LogP contribution is 2.23. The zero-order chi connectivity index (χ0) is 16.3. The van der Waals surface area contributed by atoms with E-state index in [1.54, 1.807) is 11.0 Å². The monoisotopic (exact) mass is 308 g/mol. The Morgan fingerprint density at radius 3 is 2.86 bits per heavy atom. The Balaban J connectivity index is 1.93. The van der Waals surface area contributed by atoms with Crippen LogP contribution in [-0.2, 0) is 5.41 Å². The van der Waals surface area contributed by atoms with Crippen molar-refractivity contribution in [2.45, 2.75) is 38.7 Å². The van der Waals surface area contributed by atoms with Gasteiger partial charge in [-0.25, -0.2) is 9.18 Å². The number of hydrogen-bond donors (Lipinski definition) is 2. The van der Waals surface area contributed by atoms with Crippen LogP contribution >= 0.6 is 0 Å². The van der Waals surface area contributed by atoms with Crippen molar-refractivity contribution in [3.63, 3.8) is 0 Å². The second kappa shape index (κ2) is 6.65. The molecule has 1 aliphatic rings. The fourth-order valence-electron chi connectivity index (χ4n) is 2.65. The van der Waals surface area contributed by atoms with Crippen molar-refractivity contribution in [3.8, 4) is 0 Å². The smallest absolute Gasteiger partial charge is 0.317 e. The highest BCUT2D eigenvalue weighted by molar-refractivity contribution is 5.74. The maximum atomic E-state index is 13.3. The molecule has 0 aromatic heterocycles. The van der Waals surface area contributed by atoms with Crippen LogP contribution in [0.25, 0.3) is 0 Å². The molecule has 4 nitrogen and oxygen atoms in total. The van der Waals surface area contributed by atoms with Crippen molar-refractivity contribution in [2.75, 3.05) is 19.6 Å². The van der Waals surface area contributed by atoms with Gasteiger partial charge < -0.3 is 15.3 Å². The molecule has 1 saturated heterocycles. The Morgan fingerprint density at radius 1 is 1.50 bits per heavy atom. The summed E-state index contributed by atoms with van der Waals surface area (Å²) in [6.45, 7) is 7.37. The second-order valence-corrected chi connectivity index (χ2v) is 6.83. The molecule has 2 N–H and O–H groups in total. The lowest BCUT2D eigenvalue weighted by Crippen LogP contribution is -2.51. The van der Waals surface area contributed by atoms with E-state index in [9.17, 15) is 14.3 Å². The predicted molar refractivity (Wildman–Crippen MR) is 84.2 cm³/mol. The largest absolute Gasteiger partial charge is 0.391 e. The molecule has 0 bridgehead atoms. The van der Waals surface area contributed by atoms with E-state index in [0.717, 1.165) is 12.0 Å². The number of piperidine rings is 1.